The molecule has 1 aliphatic rings. The molecular formula is C18H19BrN2. The van der Waals surface area contributed by atoms with Gasteiger partial charge in [0.15, 0.2) is 0 Å². The number of benzene rings is 2. The third-order valence-electron chi connectivity index (χ3n) is 4.52. The maximum Gasteiger partial charge on any atom is 0.0757 e. The van der Waals surface area contributed by atoms with Gasteiger partial charge in [0, 0.05) is 15.2 Å². The molecule has 3 heteroatoms. The Morgan fingerprint density at radius 3 is 2.48 bits per heavy atom. The highest BCUT2D eigenvalue weighted by atomic mass is 79.9. The quantitative estimate of drug-likeness (QED) is 0.636. The molecule has 0 amide bonds. The van der Waals surface area contributed by atoms with Crippen LogP contribution >= 0.6 is 15.9 Å². The molecule has 1 aromatic heterocycles. The predicted octanol–water partition coefficient (Wildman–Crippen LogP) is 5.00. The lowest BCUT2D eigenvalue weighted by atomic mass is 10.1. The van der Waals surface area contributed by atoms with Crippen LogP contribution in [0.4, 0.5) is 0 Å². The van der Waals surface area contributed by atoms with Gasteiger partial charge < -0.3 is 4.57 Å². The van der Waals surface area contributed by atoms with Gasteiger partial charge in [-0.05, 0) is 50.2 Å². The van der Waals surface area contributed by atoms with Crippen LogP contribution in [0.2, 0.25) is 0 Å². The van der Waals surface area contributed by atoms with Gasteiger partial charge in [0.25, 0.3) is 0 Å². The van der Waals surface area contributed by atoms with Crippen LogP contribution in [-0.4, -0.2) is 22.6 Å². The van der Waals surface area contributed by atoms with Crippen LogP contribution < -0.4 is 0 Å². The molecule has 2 aromatic carbocycles. The van der Waals surface area contributed by atoms with Gasteiger partial charge in [0.1, 0.15) is 0 Å². The first-order valence-electron chi connectivity index (χ1n) is 7.72. The summed E-state index contributed by atoms with van der Waals surface area (Å²) in [5.74, 6) is 0. The van der Waals surface area contributed by atoms with Gasteiger partial charge in [-0.25, -0.2) is 0 Å². The predicted molar refractivity (Wildman–Crippen MR) is 92.6 cm³/mol. The Hall–Kier alpha value is -1.32. The SMILES string of the molecule is Brc1ccc2c(c1)c1ccccc1n2CN1CCCCC1. The van der Waals surface area contributed by atoms with Gasteiger partial charge in [0.2, 0.25) is 0 Å². The van der Waals surface area contributed by atoms with Gasteiger partial charge in [-0.3, -0.25) is 4.90 Å². The number of aromatic nitrogens is 1. The highest BCUT2D eigenvalue weighted by Crippen LogP contribution is 2.31. The molecule has 0 spiro atoms. The Labute approximate surface area is 133 Å². The average Bonchev–Trinajstić information content (AvgIpc) is 2.82. The van der Waals surface area contributed by atoms with Crippen LogP contribution in [-0.2, 0) is 6.67 Å². The molecule has 0 saturated carbocycles. The van der Waals surface area contributed by atoms with Crippen molar-refractivity contribution < 1.29 is 0 Å². The van der Waals surface area contributed by atoms with E-state index >= 15 is 0 Å². The highest BCUT2D eigenvalue weighted by molar-refractivity contribution is 9.10. The van der Waals surface area contributed by atoms with Crippen molar-refractivity contribution in [1.82, 2.24) is 9.47 Å². The molecular weight excluding hydrogens is 324 g/mol. The second kappa shape index (κ2) is 5.47. The molecule has 1 saturated heterocycles. The van der Waals surface area contributed by atoms with Gasteiger partial charge in [-0.15, -0.1) is 0 Å². The van der Waals surface area contributed by atoms with Crippen molar-refractivity contribution in [3.05, 3.63) is 46.9 Å². The normalized spacial score (nSPS) is 16.8. The highest BCUT2D eigenvalue weighted by Gasteiger charge is 2.15. The second-order valence-electron chi connectivity index (χ2n) is 5.93. The number of hydrogen-bond donors (Lipinski definition) is 0. The number of fused-ring (bicyclic) bond motifs is 3. The zero-order chi connectivity index (χ0) is 14.2. The molecule has 0 bridgehead atoms. The molecule has 0 aliphatic carbocycles. The fourth-order valence-corrected chi connectivity index (χ4v) is 3.84. The van der Waals surface area contributed by atoms with Crippen molar-refractivity contribution in [1.29, 1.82) is 0 Å². The van der Waals surface area contributed by atoms with E-state index in [4.69, 9.17) is 0 Å². The molecule has 0 N–H and O–H groups in total. The zero-order valence-corrected chi connectivity index (χ0v) is 13.6. The summed E-state index contributed by atoms with van der Waals surface area (Å²) in [5.41, 5.74) is 2.68. The van der Waals surface area contributed by atoms with Gasteiger partial charge in [0.05, 0.1) is 17.7 Å². The molecule has 2 nitrogen and oxygen atoms in total. The van der Waals surface area contributed by atoms with Crippen LogP contribution in [0.15, 0.2) is 46.9 Å². The number of hydrogen-bond acceptors (Lipinski definition) is 1. The van der Waals surface area contributed by atoms with Crippen LogP contribution in [0, 0.1) is 0 Å². The van der Waals surface area contributed by atoms with E-state index in [0.717, 1.165) is 11.1 Å². The van der Waals surface area contributed by atoms with Gasteiger partial charge in [-0.1, -0.05) is 40.5 Å². The minimum atomic E-state index is 1.01. The molecule has 0 radical (unpaired) electrons. The van der Waals surface area contributed by atoms with E-state index in [9.17, 15) is 0 Å². The fourth-order valence-electron chi connectivity index (χ4n) is 3.48. The molecule has 1 fully saturated rings. The summed E-state index contributed by atoms with van der Waals surface area (Å²) in [6.45, 7) is 3.46. The first kappa shape index (κ1) is 13.4. The van der Waals surface area contributed by atoms with Crippen molar-refractivity contribution in [2.24, 2.45) is 0 Å². The lowest BCUT2D eigenvalue weighted by molar-refractivity contribution is 0.187. The summed E-state index contributed by atoms with van der Waals surface area (Å²) < 4.78 is 3.62. The Morgan fingerprint density at radius 2 is 1.62 bits per heavy atom. The van der Waals surface area contributed by atoms with E-state index in [1.54, 1.807) is 0 Å². The maximum atomic E-state index is 3.61. The second-order valence-corrected chi connectivity index (χ2v) is 6.84. The van der Waals surface area contributed by atoms with E-state index in [0.29, 0.717) is 0 Å². The summed E-state index contributed by atoms with van der Waals surface area (Å²) in [6, 6.07) is 15.4. The van der Waals surface area contributed by atoms with Crippen LogP contribution in [0.5, 0.6) is 0 Å². The van der Waals surface area contributed by atoms with Crippen molar-refractivity contribution >= 4 is 37.7 Å². The van der Waals surface area contributed by atoms with Crippen LogP contribution in [0.25, 0.3) is 21.8 Å². The van der Waals surface area contributed by atoms with Crippen molar-refractivity contribution in [2.75, 3.05) is 13.1 Å². The molecule has 2 heterocycles. The summed E-state index contributed by atoms with van der Waals surface area (Å²) in [7, 11) is 0. The number of piperidine rings is 1. The number of rotatable bonds is 2. The van der Waals surface area contributed by atoms with Gasteiger partial charge >= 0.3 is 0 Å². The largest absolute Gasteiger partial charge is 0.327 e. The number of likely N-dealkylation sites (tertiary alicyclic amines) is 1. The topological polar surface area (TPSA) is 8.17 Å². The van der Waals surface area contributed by atoms with Crippen molar-refractivity contribution in [2.45, 2.75) is 25.9 Å². The molecule has 108 valence electrons. The molecule has 0 unspecified atom stereocenters. The summed E-state index contributed by atoms with van der Waals surface area (Å²) in [4.78, 5) is 2.58. The summed E-state index contributed by atoms with van der Waals surface area (Å²) in [6.07, 6.45) is 4.06. The van der Waals surface area contributed by atoms with Crippen molar-refractivity contribution in [3.8, 4) is 0 Å². The van der Waals surface area contributed by atoms with Crippen LogP contribution in [0.3, 0.4) is 0 Å². The van der Waals surface area contributed by atoms with E-state index in [2.05, 4.69) is 67.9 Å². The number of para-hydroxylation sites is 1. The molecule has 0 atom stereocenters. The standard InChI is InChI=1S/C18H19BrN2/c19-14-8-9-18-16(12-14)15-6-2-3-7-17(15)21(18)13-20-10-4-1-5-11-20/h2-3,6-9,12H,1,4-5,10-11,13H2. The number of nitrogens with zero attached hydrogens (tertiary/aromatic N) is 2. The Balaban J connectivity index is 1.88. The third-order valence-corrected chi connectivity index (χ3v) is 5.02. The first-order valence-corrected chi connectivity index (χ1v) is 8.51. The lowest BCUT2D eigenvalue weighted by Gasteiger charge is -2.27. The Morgan fingerprint density at radius 1 is 0.857 bits per heavy atom. The first-order chi connectivity index (χ1) is 10.3. The minimum absolute atomic E-state index is 1.01. The monoisotopic (exact) mass is 342 g/mol. The van der Waals surface area contributed by atoms with Gasteiger partial charge in [-0.2, -0.15) is 0 Å². The lowest BCUT2D eigenvalue weighted by Crippen LogP contribution is -2.31. The molecule has 1 aliphatic heterocycles. The van der Waals surface area contributed by atoms with E-state index in [1.807, 2.05) is 0 Å². The average molecular weight is 343 g/mol. The Kier molecular flexibility index (Phi) is 3.48. The zero-order valence-electron chi connectivity index (χ0n) is 12.1. The van der Waals surface area contributed by atoms with Crippen LogP contribution in [0.1, 0.15) is 19.3 Å². The summed E-state index contributed by atoms with van der Waals surface area (Å²) >= 11 is 3.61. The molecule has 21 heavy (non-hydrogen) atoms. The Bertz CT molecular complexity index is 784. The minimum Gasteiger partial charge on any atom is -0.327 e. The molecule has 4 rings (SSSR count). The van der Waals surface area contributed by atoms with E-state index in [-0.39, 0.29) is 0 Å². The number of halogens is 1. The van der Waals surface area contributed by atoms with Crippen molar-refractivity contribution in [3.63, 3.8) is 0 Å². The smallest absolute Gasteiger partial charge is 0.0757 e. The third kappa shape index (κ3) is 2.39. The molecule has 3 aromatic rings. The van der Waals surface area contributed by atoms with E-state index < -0.39 is 0 Å². The fraction of sp³-hybridized carbons (Fsp3) is 0.333. The summed E-state index contributed by atoms with van der Waals surface area (Å²) in [5, 5.41) is 2.70. The maximum absolute atomic E-state index is 3.61. The van der Waals surface area contributed by atoms with E-state index in [1.165, 1.54) is 54.2 Å².